The van der Waals surface area contributed by atoms with Crippen molar-refractivity contribution in [2.45, 2.75) is 85.5 Å². The lowest BCUT2D eigenvalue weighted by molar-refractivity contribution is -0.345. The smallest absolute Gasteiger partial charge is 0.219 e. The van der Waals surface area contributed by atoms with E-state index in [1.165, 1.54) is 0 Å². The second-order valence-electron chi connectivity index (χ2n) is 8.48. The van der Waals surface area contributed by atoms with Gasteiger partial charge in [-0.15, -0.1) is 0 Å². The van der Waals surface area contributed by atoms with Crippen molar-refractivity contribution in [3.63, 3.8) is 0 Å². The highest BCUT2D eigenvalue weighted by atomic mass is 16.7. The van der Waals surface area contributed by atoms with Crippen LogP contribution in [0.5, 0.6) is 0 Å². The van der Waals surface area contributed by atoms with Crippen molar-refractivity contribution in [3.05, 3.63) is 0 Å². The molecule has 11 N–H and O–H groups in total. The first-order chi connectivity index (χ1) is 15.9. The van der Waals surface area contributed by atoms with Crippen LogP contribution in [-0.2, 0) is 23.7 Å². The van der Waals surface area contributed by atoms with Crippen molar-refractivity contribution in [2.75, 3.05) is 26.4 Å². The van der Waals surface area contributed by atoms with Gasteiger partial charge in [0.2, 0.25) is 5.79 Å². The summed E-state index contributed by atoms with van der Waals surface area (Å²) >= 11 is 0. The molecular formula is C18H32O16. The van der Waals surface area contributed by atoms with Crippen molar-refractivity contribution in [1.29, 1.82) is 0 Å². The minimum atomic E-state index is -2.49. The summed E-state index contributed by atoms with van der Waals surface area (Å²) in [5, 5.41) is 109. The van der Waals surface area contributed by atoms with Crippen LogP contribution in [0.3, 0.4) is 0 Å². The fraction of sp³-hybridized carbons (Fsp3) is 1.00. The Morgan fingerprint density at radius 1 is 0.588 bits per heavy atom. The minimum Gasteiger partial charge on any atom is -0.394 e. The highest BCUT2D eigenvalue weighted by Gasteiger charge is 2.55. The quantitative estimate of drug-likeness (QED) is 0.146. The first-order valence-electron chi connectivity index (χ1n) is 10.6. The van der Waals surface area contributed by atoms with Gasteiger partial charge in [0, 0.05) is 0 Å². The number of aliphatic hydroxyl groups excluding tert-OH is 10. The number of hydrogen-bond acceptors (Lipinski definition) is 16. The van der Waals surface area contributed by atoms with E-state index in [-0.39, 0.29) is 0 Å². The molecule has 200 valence electrons. The van der Waals surface area contributed by atoms with E-state index in [9.17, 15) is 51.1 Å². The maximum atomic E-state index is 10.4. The van der Waals surface area contributed by atoms with Crippen LogP contribution in [0.15, 0.2) is 0 Å². The predicted molar refractivity (Wildman–Crippen MR) is 101 cm³/mol. The van der Waals surface area contributed by atoms with Gasteiger partial charge >= 0.3 is 0 Å². The summed E-state index contributed by atoms with van der Waals surface area (Å²) in [5.74, 6) is -2.49. The molecule has 3 heterocycles. The van der Waals surface area contributed by atoms with Crippen LogP contribution in [0.25, 0.3) is 0 Å². The van der Waals surface area contributed by atoms with Gasteiger partial charge in [-0.25, -0.2) is 0 Å². The molecule has 16 heteroatoms. The fourth-order valence-corrected chi connectivity index (χ4v) is 3.92. The van der Waals surface area contributed by atoms with Crippen LogP contribution in [0.1, 0.15) is 0 Å². The summed E-state index contributed by atoms with van der Waals surface area (Å²) in [5.41, 5.74) is 0. The Bertz CT molecular complexity index is 653. The molecule has 3 rings (SSSR count). The van der Waals surface area contributed by atoms with Gasteiger partial charge in [0.15, 0.2) is 12.6 Å². The molecule has 14 atom stereocenters. The van der Waals surface area contributed by atoms with Crippen LogP contribution in [0.2, 0.25) is 0 Å². The number of aliphatic hydroxyl groups is 11. The maximum absolute atomic E-state index is 10.4. The van der Waals surface area contributed by atoms with Crippen molar-refractivity contribution < 1.29 is 79.9 Å². The van der Waals surface area contributed by atoms with Gasteiger partial charge in [0.05, 0.1) is 19.8 Å². The molecule has 0 amide bonds. The Morgan fingerprint density at radius 3 is 1.62 bits per heavy atom. The lowest BCUT2D eigenvalue weighted by Crippen LogP contribution is -2.62. The van der Waals surface area contributed by atoms with Gasteiger partial charge in [0.1, 0.15) is 73.8 Å². The molecule has 0 radical (unpaired) electrons. The number of ether oxygens (including phenoxy) is 5. The van der Waals surface area contributed by atoms with E-state index in [1.54, 1.807) is 0 Å². The van der Waals surface area contributed by atoms with E-state index in [0.717, 1.165) is 0 Å². The lowest BCUT2D eigenvalue weighted by Gasteiger charge is -2.43. The molecule has 3 aliphatic rings. The first kappa shape index (κ1) is 27.9. The number of rotatable bonds is 8. The standard InChI is InChI=1S/C18H32O16/c19-1-5-8(21)11(24)13(26)16(32-5)30-3-7-9(22)12(25)14(27)17(33-7)31-4-18(29)15(28)10(23)6(2-20)34-18/h5-17,19-29H,1-4H2/t5-,6-,7-,8+,9-,10-,11+,12+,13-,14-,15+,16+,17+,18-/m1/s1. The van der Waals surface area contributed by atoms with Crippen LogP contribution in [-0.4, -0.2) is 168 Å². The van der Waals surface area contributed by atoms with E-state index in [0.29, 0.717) is 0 Å². The third kappa shape index (κ3) is 5.37. The van der Waals surface area contributed by atoms with Crippen LogP contribution >= 0.6 is 0 Å². The molecular weight excluding hydrogens is 472 g/mol. The molecule has 34 heavy (non-hydrogen) atoms. The zero-order valence-electron chi connectivity index (χ0n) is 17.8. The second-order valence-corrected chi connectivity index (χ2v) is 8.48. The monoisotopic (exact) mass is 504 g/mol. The normalized spacial score (nSPS) is 52.1. The Morgan fingerprint density at radius 2 is 1.09 bits per heavy atom. The fourth-order valence-electron chi connectivity index (χ4n) is 3.92. The molecule has 0 aromatic carbocycles. The zero-order valence-corrected chi connectivity index (χ0v) is 17.8. The molecule has 3 fully saturated rings. The highest BCUT2D eigenvalue weighted by molar-refractivity contribution is 4.96. The molecule has 0 saturated carbocycles. The van der Waals surface area contributed by atoms with Crippen molar-refractivity contribution in [2.24, 2.45) is 0 Å². The average molecular weight is 504 g/mol. The molecule has 0 bridgehead atoms. The summed E-state index contributed by atoms with van der Waals surface area (Å²) in [6.45, 7) is -2.89. The van der Waals surface area contributed by atoms with Gasteiger partial charge < -0.3 is 79.9 Å². The van der Waals surface area contributed by atoms with Gasteiger partial charge in [-0.1, -0.05) is 0 Å². The Labute approximate surface area is 192 Å². The summed E-state index contributed by atoms with van der Waals surface area (Å²) in [4.78, 5) is 0. The lowest BCUT2D eigenvalue weighted by atomic mass is 9.98. The summed E-state index contributed by atoms with van der Waals surface area (Å²) in [6, 6.07) is 0. The summed E-state index contributed by atoms with van der Waals surface area (Å²) < 4.78 is 26.0. The Kier molecular flexibility index (Phi) is 9.18. The second kappa shape index (κ2) is 11.2. The Hall–Kier alpha value is -0.640. The number of hydrogen-bond donors (Lipinski definition) is 11. The van der Waals surface area contributed by atoms with Crippen LogP contribution in [0.4, 0.5) is 0 Å². The van der Waals surface area contributed by atoms with Gasteiger partial charge in [-0.05, 0) is 0 Å². The van der Waals surface area contributed by atoms with E-state index >= 15 is 0 Å². The van der Waals surface area contributed by atoms with Crippen LogP contribution < -0.4 is 0 Å². The third-order valence-electron chi connectivity index (χ3n) is 6.10. The molecule has 0 aliphatic carbocycles. The van der Waals surface area contributed by atoms with Gasteiger partial charge in [-0.3, -0.25) is 0 Å². The molecule has 3 aliphatic heterocycles. The molecule has 0 unspecified atom stereocenters. The zero-order chi connectivity index (χ0) is 25.4. The predicted octanol–water partition coefficient (Wildman–Crippen LogP) is -7.57. The van der Waals surface area contributed by atoms with Crippen LogP contribution in [0, 0.1) is 0 Å². The van der Waals surface area contributed by atoms with Crippen molar-refractivity contribution in [3.8, 4) is 0 Å². The Balaban J connectivity index is 1.60. The van der Waals surface area contributed by atoms with Gasteiger partial charge in [0.25, 0.3) is 0 Å². The summed E-state index contributed by atoms with van der Waals surface area (Å²) in [7, 11) is 0. The minimum absolute atomic E-state index is 0.595. The van der Waals surface area contributed by atoms with Gasteiger partial charge in [-0.2, -0.15) is 0 Å². The maximum Gasteiger partial charge on any atom is 0.219 e. The van der Waals surface area contributed by atoms with E-state index in [1.807, 2.05) is 0 Å². The third-order valence-corrected chi connectivity index (χ3v) is 6.10. The van der Waals surface area contributed by atoms with E-state index in [4.69, 9.17) is 28.8 Å². The average Bonchev–Trinajstić information content (AvgIpc) is 3.04. The first-order valence-corrected chi connectivity index (χ1v) is 10.6. The molecule has 0 aromatic rings. The van der Waals surface area contributed by atoms with E-state index in [2.05, 4.69) is 0 Å². The highest BCUT2D eigenvalue weighted by Crippen LogP contribution is 2.31. The summed E-state index contributed by atoms with van der Waals surface area (Å²) in [6.07, 6.45) is -21.2. The molecule has 3 saturated heterocycles. The van der Waals surface area contributed by atoms with Crippen molar-refractivity contribution >= 4 is 0 Å². The van der Waals surface area contributed by atoms with Crippen molar-refractivity contribution in [1.82, 2.24) is 0 Å². The van der Waals surface area contributed by atoms with E-state index < -0.39 is 112 Å². The SMILES string of the molecule is OC[C@H]1O[C@H](OC[C@H]2O[C@H](OC[C@@]3(O)O[C@H](CO)[C@@H](O)[C@@H]3O)[C@H](O)[C@@H](O)[C@@H]2O)[C@H](O)[C@@H](O)[C@H]1O. The molecule has 16 nitrogen and oxygen atoms in total. The largest absolute Gasteiger partial charge is 0.394 e. The molecule has 0 aromatic heterocycles. The molecule has 0 spiro atoms. The topological polar surface area (TPSA) is 269 Å².